The number of sulfonamides is 1. The van der Waals surface area contributed by atoms with Crippen molar-refractivity contribution in [2.45, 2.75) is 17.3 Å². The number of ether oxygens (including phenoxy) is 1. The molecule has 170 valence electrons. The van der Waals surface area contributed by atoms with E-state index >= 15 is 0 Å². The molecule has 2 heterocycles. The van der Waals surface area contributed by atoms with E-state index in [1.165, 1.54) is 15.6 Å². The highest BCUT2D eigenvalue weighted by Gasteiger charge is 2.26. The monoisotopic (exact) mass is 500 g/mol. The van der Waals surface area contributed by atoms with Gasteiger partial charge in [-0.1, -0.05) is 42.5 Å². The first-order valence-corrected chi connectivity index (χ1v) is 13.1. The summed E-state index contributed by atoms with van der Waals surface area (Å²) in [4.78, 5) is 15.1. The first kappa shape index (κ1) is 23.1. The van der Waals surface area contributed by atoms with E-state index < -0.39 is 22.6 Å². The number of hydrogen-bond acceptors (Lipinski definition) is 7. The van der Waals surface area contributed by atoms with Crippen molar-refractivity contribution in [3.8, 4) is 16.3 Å². The number of aliphatic carboxylic acids is 1. The van der Waals surface area contributed by atoms with Crippen LogP contribution in [0.1, 0.15) is 11.1 Å². The molecule has 1 N–H and O–H groups in total. The van der Waals surface area contributed by atoms with Gasteiger partial charge in [0.15, 0.2) is 6.61 Å². The van der Waals surface area contributed by atoms with Gasteiger partial charge in [0.05, 0.1) is 0 Å². The molecule has 0 spiro atoms. The predicted octanol–water partition coefficient (Wildman–Crippen LogP) is 4.73. The second-order valence-corrected chi connectivity index (χ2v) is 11.1. The van der Waals surface area contributed by atoms with Crippen molar-refractivity contribution in [3.63, 3.8) is 0 Å². The normalized spacial score (nSPS) is 11.5. The van der Waals surface area contributed by atoms with E-state index in [-0.39, 0.29) is 17.3 Å². The van der Waals surface area contributed by atoms with Crippen LogP contribution in [0, 0.1) is 0 Å². The van der Waals surface area contributed by atoms with Crippen LogP contribution in [0.25, 0.3) is 10.6 Å². The highest BCUT2D eigenvalue weighted by molar-refractivity contribution is 7.91. The minimum absolute atomic E-state index is 0.110. The molecule has 4 rings (SSSR count). The van der Waals surface area contributed by atoms with Crippen molar-refractivity contribution < 1.29 is 23.1 Å². The molecule has 2 aromatic heterocycles. The van der Waals surface area contributed by atoms with E-state index in [4.69, 9.17) is 9.84 Å². The van der Waals surface area contributed by atoms with Gasteiger partial charge < -0.3 is 9.84 Å². The SMILES string of the molecule is O=C(O)COc1cccc(CN(Cc2ccc(-c3nccs3)cc2)S(=O)(=O)c2cccs2)c1. The van der Waals surface area contributed by atoms with Gasteiger partial charge in [0.2, 0.25) is 0 Å². The largest absolute Gasteiger partial charge is 0.482 e. The maximum Gasteiger partial charge on any atom is 0.341 e. The van der Waals surface area contributed by atoms with Crippen molar-refractivity contribution in [2.75, 3.05) is 6.61 Å². The summed E-state index contributed by atoms with van der Waals surface area (Å²) in [5, 5.41) is 13.4. The maximum absolute atomic E-state index is 13.4. The third-order valence-electron chi connectivity index (χ3n) is 4.70. The third kappa shape index (κ3) is 5.85. The first-order valence-electron chi connectivity index (χ1n) is 9.88. The molecule has 0 radical (unpaired) electrons. The van der Waals surface area contributed by atoms with Crippen LogP contribution in [0.2, 0.25) is 0 Å². The van der Waals surface area contributed by atoms with Gasteiger partial charge >= 0.3 is 5.97 Å². The maximum atomic E-state index is 13.4. The number of thiazole rings is 1. The van der Waals surface area contributed by atoms with Crippen molar-refractivity contribution >= 4 is 38.7 Å². The van der Waals surface area contributed by atoms with Crippen LogP contribution in [0.5, 0.6) is 5.75 Å². The Hall–Kier alpha value is -3.05. The summed E-state index contributed by atoms with van der Waals surface area (Å²) in [6, 6.07) is 17.8. The van der Waals surface area contributed by atoms with Crippen LogP contribution in [0.4, 0.5) is 0 Å². The van der Waals surface area contributed by atoms with Crippen LogP contribution < -0.4 is 4.74 Å². The molecular formula is C23H20N2O5S3. The smallest absolute Gasteiger partial charge is 0.341 e. The van der Waals surface area contributed by atoms with Gasteiger partial charge in [-0.15, -0.1) is 22.7 Å². The number of hydrogen-bond donors (Lipinski definition) is 1. The fourth-order valence-corrected chi connectivity index (χ4v) is 6.37. The predicted molar refractivity (Wildman–Crippen MR) is 128 cm³/mol. The van der Waals surface area contributed by atoms with Gasteiger partial charge in [-0.3, -0.25) is 0 Å². The number of aromatic nitrogens is 1. The fourth-order valence-electron chi connectivity index (χ4n) is 3.17. The summed E-state index contributed by atoms with van der Waals surface area (Å²) in [5.41, 5.74) is 2.51. The van der Waals surface area contributed by atoms with Gasteiger partial charge in [0.1, 0.15) is 15.0 Å². The number of thiophene rings is 1. The van der Waals surface area contributed by atoms with Gasteiger partial charge in [0, 0.05) is 30.2 Å². The molecule has 33 heavy (non-hydrogen) atoms. The van der Waals surface area contributed by atoms with Crippen molar-refractivity contribution in [3.05, 3.63) is 88.7 Å². The number of benzene rings is 2. The Morgan fingerprint density at radius 1 is 0.970 bits per heavy atom. The fraction of sp³-hybridized carbons (Fsp3) is 0.130. The van der Waals surface area contributed by atoms with E-state index in [0.29, 0.717) is 11.3 Å². The van der Waals surface area contributed by atoms with Crippen molar-refractivity contribution in [1.82, 2.24) is 9.29 Å². The molecule has 0 unspecified atom stereocenters. The van der Waals surface area contributed by atoms with E-state index in [1.807, 2.05) is 29.6 Å². The first-order chi connectivity index (χ1) is 15.9. The number of carboxylic acid groups (broad SMARTS) is 1. The van der Waals surface area contributed by atoms with E-state index in [0.717, 1.165) is 16.1 Å². The molecule has 0 saturated heterocycles. The molecule has 7 nitrogen and oxygen atoms in total. The molecule has 0 bridgehead atoms. The molecule has 0 amide bonds. The Morgan fingerprint density at radius 2 is 1.76 bits per heavy atom. The molecule has 0 aliphatic rings. The minimum Gasteiger partial charge on any atom is -0.482 e. The van der Waals surface area contributed by atoms with Gasteiger partial charge in [-0.2, -0.15) is 4.31 Å². The lowest BCUT2D eigenvalue weighted by Crippen LogP contribution is -2.29. The molecule has 0 aliphatic carbocycles. The zero-order chi connectivity index (χ0) is 23.3. The lowest BCUT2D eigenvalue weighted by Gasteiger charge is -2.22. The van der Waals surface area contributed by atoms with E-state index in [1.54, 1.807) is 59.3 Å². The van der Waals surface area contributed by atoms with Crippen LogP contribution >= 0.6 is 22.7 Å². The Bertz CT molecular complexity index is 1300. The minimum atomic E-state index is -3.74. The second-order valence-electron chi connectivity index (χ2n) is 7.07. The van der Waals surface area contributed by atoms with E-state index in [2.05, 4.69) is 4.98 Å². The van der Waals surface area contributed by atoms with Gasteiger partial charge in [0.25, 0.3) is 10.0 Å². The van der Waals surface area contributed by atoms with Crippen LogP contribution in [0.15, 0.2) is 81.8 Å². The zero-order valence-corrected chi connectivity index (χ0v) is 19.8. The molecule has 2 aromatic carbocycles. The molecule has 0 saturated carbocycles. The molecule has 0 aliphatic heterocycles. The number of nitrogens with zero attached hydrogens (tertiary/aromatic N) is 2. The topological polar surface area (TPSA) is 96.8 Å². The summed E-state index contributed by atoms with van der Waals surface area (Å²) in [5.74, 6) is -0.709. The van der Waals surface area contributed by atoms with Gasteiger partial charge in [-0.05, 0) is 34.7 Å². The average Bonchev–Trinajstić information content (AvgIpc) is 3.53. The lowest BCUT2D eigenvalue weighted by atomic mass is 10.1. The molecular weight excluding hydrogens is 480 g/mol. The second kappa shape index (κ2) is 10.3. The van der Waals surface area contributed by atoms with E-state index in [9.17, 15) is 13.2 Å². The number of carbonyl (C=O) groups is 1. The summed E-state index contributed by atoms with van der Waals surface area (Å²) in [7, 11) is -3.74. The molecule has 10 heteroatoms. The number of rotatable bonds is 10. The average molecular weight is 501 g/mol. The zero-order valence-electron chi connectivity index (χ0n) is 17.3. The summed E-state index contributed by atoms with van der Waals surface area (Å²) in [6.07, 6.45) is 1.75. The lowest BCUT2D eigenvalue weighted by molar-refractivity contribution is -0.139. The Morgan fingerprint density at radius 3 is 2.42 bits per heavy atom. The Kier molecular flexibility index (Phi) is 7.19. The van der Waals surface area contributed by atoms with Crippen LogP contribution in [-0.4, -0.2) is 35.4 Å². The molecule has 4 aromatic rings. The van der Waals surface area contributed by atoms with Crippen molar-refractivity contribution in [2.24, 2.45) is 0 Å². The number of carboxylic acids is 1. The molecule has 0 fully saturated rings. The highest BCUT2D eigenvalue weighted by atomic mass is 32.2. The summed E-state index contributed by atoms with van der Waals surface area (Å²) in [6.45, 7) is -0.177. The summed E-state index contributed by atoms with van der Waals surface area (Å²) >= 11 is 2.71. The van der Waals surface area contributed by atoms with Gasteiger partial charge in [-0.25, -0.2) is 18.2 Å². The Labute approximate surface area is 199 Å². The standard InChI is InChI=1S/C23H20N2O5S3/c26-21(27)16-30-20-4-1-3-18(13-20)15-25(33(28,29)22-5-2-11-31-22)14-17-6-8-19(9-7-17)23-24-10-12-32-23/h1-13H,14-16H2,(H,26,27). The quantitative estimate of drug-likeness (QED) is 0.338. The summed E-state index contributed by atoms with van der Waals surface area (Å²) < 4.78 is 33.7. The Balaban J connectivity index is 1.59. The molecule has 0 atom stereocenters. The van der Waals surface area contributed by atoms with Crippen LogP contribution in [-0.2, 0) is 27.9 Å². The van der Waals surface area contributed by atoms with Crippen LogP contribution in [0.3, 0.4) is 0 Å². The third-order valence-corrected chi connectivity index (χ3v) is 8.69. The van der Waals surface area contributed by atoms with Crippen molar-refractivity contribution in [1.29, 1.82) is 0 Å². The highest BCUT2D eigenvalue weighted by Crippen LogP contribution is 2.27.